The van der Waals surface area contributed by atoms with Crippen molar-refractivity contribution in [1.29, 1.82) is 5.26 Å². The number of carbonyl (C=O) groups excluding carboxylic acids is 1. The molecule has 0 amide bonds. The first-order valence-electron chi connectivity index (χ1n) is 9.34. The zero-order valence-electron chi connectivity index (χ0n) is 16.7. The molecule has 0 spiro atoms. The molecule has 0 unspecified atom stereocenters. The van der Waals surface area contributed by atoms with Gasteiger partial charge in [0.15, 0.2) is 6.61 Å². The number of benzene rings is 3. The Hall–Kier alpha value is -3.55. The average molecular weight is 418 g/mol. The molecule has 0 aromatic heterocycles. The fourth-order valence-corrected chi connectivity index (χ4v) is 3.14. The van der Waals surface area contributed by atoms with Crippen LogP contribution < -0.4 is 9.47 Å². The van der Waals surface area contributed by atoms with Gasteiger partial charge in [-0.25, -0.2) is 4.79 Å². The molecule has 30 heavy (non-hydrogen) atoms. The average Bonchev–Trinajstić information content (AvgIpc) is 2.73. The fourth-order valence-electron chi connectivity index (χ4n) is 2.95. The van der Waals surface area contributed by atoms with Crippen molar-refractivity contribution in [2.75, 3.05) is 6.61 Å². The van der Waals surface area contributed by atoms with E-state index in [9.17, 15) is 10.1 Å². The first-order chi connectivity index (χ1) is 14.5. The Morgan fingerprint density at radius 2 is 1.70 bits per heavy atom. The van der Waals surface area contributed by atoms with Crippen molar-refractivity contribution in [3.05, 3.63) is 94.0 Å². The molecule has 0 aliphatic carbocycles. The molecule has 150 valence electrons. The van der Waals surface area contributed by atoms with Gasteiger partial charge in [-0.1, -0.05) is 54.1 Å². The van der Waals surface area contributed by atoms with Crippen LogP contribution in [0.15, 0.2) is 66.7 Å². The highest BCUT2D eigenvalue weighted by Crippen LogP contribution is 2.23. The van der Waals surface area contributed by atoms with E-state index in [-0.39, 0.29) is 6.61 Å². The second-order valence-electron chi connectivity index (χ2n) is 6.73. The third kappa shape index (κ3) is 5.50. The Labute approximate surface area is 180 Å². The molecular formula is C25H20ClNO3. The van der Waals surface area contributed by atoms with Crippen LogP contribution in [-0.2, 0) is 4.79 Å². The molecule has 0 saturated carbocycles. The van der Waals surface area contributed by atoms with E-state index in [1.807, 2.05) is 38.1 Å². The summed E-state index contributed by atoms with van der Waals surface area (Å²) < 4.78 is 11.0. The predicted molar refractivity (Wildman–Crippen MR) is 118 cm³/mol. The summed E-state index contributed by atoms with van der Waals surface area (Å²) in [4.78, 5) is 12.1. The second kappa shape index (κ2) is 9.78. The molecule has 4 nitrogen and oxygen atoms in total. The van der Waals surface area contributed by atoms with Crippen molar-refractivity contribution in [3.63, 3.8) is 0 Å². The van der Waals surface area contributed by atoms with Gasteiger partial charge in [0.2, 0.25) is 0 Å². The number of nitriles is 1. The number of rotatable bonds is 6. The van der Waals surface area contributed by atoms with Gasteiger partial charge >= 0.3 is 5.97 Å². The third-order valence-electron chi connectivity index (χ3n) is 4.42. The molecule has 0 fully saturated rings. The highest BCUT2D eigenvalue weighted by Gasteiger charge is 2.09. The summed E-state index contributed by atoms with van der Waals surface area (Å²) in [6, 6.07) is 22.0. The topological polar surface area (TPSA) is 59.3 Å². The van der Waals surface area contributed by atoms with Crippen LogP contribution in [0.2, 0.25) is 5.02 Å². The molecule has 0 bridgehead atoms. The van der Waals surface area contributed by atoms with Gasteiger partial charge in [0.1, 0.15) is 11.5 Å². The number of para-hydroxylation sites is 1. The van der Waals surface area contributed by atoms with Crippen molar-refractivity contribution >= 4 is 29.2 Å². The van der Waals surface area contributed by atoms with E-state index in [1.165, 1.54) is 0 Å². The number of aryl methyl sites for hydroxylation is 2. The van der Waals surface area contributed by atoms with Crippen molar-refractivity contribution in [2.24, 2.45) is 0 Å². The minimum atomic E-state index is -0.488. The smallest absolute Gasteiger partial charge is 0.349 e. The van der Waals surface area contributed by atoms with Crippen LogP contribution in [0, 0.1) is 25.2 Å². The number of hydrogen-bond acceptors (Lipinski definition) is 4. The van der Waals surface area contributed by atoms with Crippen LogP contribution in [0.5, 0.6) is 11.5 Å². The fraction of sp³-hybridized carbons (Fsp3) is 0.120. The Morgan fingerprint density at radius 3 is 2.33 bits per heavy atom. The summed E-state index contributed by atoms with van der Waals surface area (Å²) in [7, 11) is 0. The number of carbonyl (C=O) groups is 1. The number of halogens is 1. The first-order valence-corrected chi connectivity index (χ1v) is 9.71. The lowest BCUT2D eigenvalue weighted by Gasteiger charge is -2.11. The van der Waals surface area contributed by atoms with Crippen LogP contribution in [0.1, 0.15) is 22.3 Å². The van der Waals surface area contributed by atoms with E-state index in [4.69, 9.17) is 21.1 Å². The van der Waals surface area contributed by atoms with Crippen molar-refractivity contribution in [1.82, 2.24) is 0 Å². The lowest BCUT2D eigenvalue weighted by molar-refractivity contribution is -0.136. The SMILES string of the molecule is Cc1cccc(C)c1OCC(=O)Oc1ccc(/C=C(/C#N)c2cccc(Cl)c2)cc1. The quantitative estimate of drug-likeness (QED) is 0.213. The molecular weight excluding hydrogens is 398 g/mol. The Morgan fingerprint density at radius 1 is 1.03 bits per heavy atom. The normalized spacial score (nSPS) is 10.9. The van der Waals surface area contributed by atoms with Gasteiger partial charge in [-0.3, -0.25) is 0 Å². The third-order valence-corrected chi connectivity index (χ3v) is 4.66. The largest absolute Gasteiger partial charge is 0.481 e. The van der Waals surface area contributed by atoms with E-state index in [0.29, 0.717) is 22.1 Å². The van der Waals surface area contributed by atoms with Crippen LogP contribution in [-0.4, -0.2) is 12.6 Å². The lowest BCUT2D eigenvalue weighted by Crippen LogP contribution is -2.18. The molecule has 5 heteroatoms. The van der Waals surface area contributed by atoms with E-state index < -0.39 is 5.97 Å². The minimum Gasteiger partial charge on any atom is -0.481 e. The molecule has 0 radical (unpaired) electrons. The minimum absolute atomic E-state index is 0.180. The summed E-state index contributed by atoms with van der Waals surface area (Å²) in [5.41, 5.74) is 3.96. The molecule has 0 aliphatic rings. The van der Waals surface area contributed by atoms with E-state index in [2.05, 4.69) is 6.07 Å². The molecule has 0 heterocycles. The van der Waals surface area contributed by atoms with Gasteiger partial charge in [-0.2, -0.15) is 5.26 Å². The maximum atomic E-state index is 12.1. The summed E-state index contributed by atoms with van der Waals surface area (Å²) in [5, 5.41) is 10.0. The highest BCUT2D eigenvalue weighted by atomic mass is 35.5. The maximum Gasteiger partial charge on any atom is 0.349 e. The second-order valence-corrected chi connectivity index (χ2v) is 7.17. The standard InChI is InChI=1S/C25H20ClNO3/c1-17-5-3-6-18(2)25(17)29-16-24(28)30-23-11-9-19(10-12-23)13-21(15-27)20-7-4-8-22(26)14-20/h3-14H,16H2,1-2H3/b21-13-. The molecule has 3 aromatic carbocycles. The Bertz CT molecular complexity index is 1110. The molecule has 3 aromatic rings. The lowest BCUT2D eigenvalue weighted by atomic mass is 10.0. The van der Waals surface area contributed by atoms with Crippen molar-refractivity contribution in [2.45, 2.75) is 13.8 Å². The van der Waals surface area contributed by atoms with Gasteiger partial charge in [0, 0.05) is 5.02 Å². The Kier molecular flexibility index (Phi) is 6.90. The predicted octanol–water partition coefficient (Wildman–Crippen LogP) is 6.01. The number of hydrogen-bond donors (Lipinski definition) is 0. The van der Waals surface area contributed by atoms with Crippen molar-refractivity contribution in [3.8, 4) is 17.6 Å². The number of allylic oxidation sites excluding steroid dienone is 1. The van der Waals surface area contributed by atoms with Crippen LogP contribution in [0.3, 0.4) is 0 Å². The van der Waals surface area contributed by atoms with Crippen molar-refractivity contribution < 1.29 is 14.3 Å². The summed E-state index contributed by atoms with van der Waals surface area (Å²) in [5.74, 6) is 0.612. The van der Waals surface area contributed by atoms with E-state index in [1.54, 1.807) is 48.5 Å². The molecule has 0 N–H and O–H groups in total. The molecule has 0 saturated heterocycles. The van der Waals surface area contributed by atoms with Gasteiger partial charge < -0.3 is 9.47 Å². The monoisotopic (exact) mass is 417 g/mol. The zero-order chi connectivity index (χ0) is 21.5. The van der Waals surface area contributed by atoms with Crippen LogP contribution in [0.4, 0.5) is 0 Å². The Balaban J connectivity index is 1.64. The molecule has 3 rings (SSSR count). The van der Waals surface area contributed by atoms with Crippen LogP contribution in [0.25, 0.3) is 11.6 Å². The van der Waals surface area contributed by atoms with E-state index in [0.717, 1.165) is 22.3 Å². The summed E-state index contributed by atoms with van der Waals surface area (Å²) in [6.07, 6.45) is 1.75. The summed E-state index contributed by atoms with van der Waals surface area (Å²) >= 11 is 6.00. The van der Waals surface area contributed by atoms with Gasteiger partial charge in [0.25, 0.3) is 0 Å². The van der Waals surface area contributed by atoms with Crippen LogP contribution >= 0.6 is 11.6 Å². The zero-order valence-corrected chi connectivity index (χ0v) is 17.4. The number of ether oxygens (including phenoxy) is 2. The molecule has 0 aliphatic heterocycles. The number of nitrogens with zero attached hydrogens (tertiary/aromatic N) is 1. The summed E-state index contributed by atoms with van der Waals surface area (Å²) in [6.45, 7) is 3.68. The van der Waals surface area contributed by atoms with Gasteiger partial charge in [-0.05, 0) is 66.4 Å². The maximum absolute atomic E-state index is 12.1. The van der Waals surface area contributed by atoms with Gasteiger partial charge in [-0.15, -0.1) is 0 Å². The number of esters is 1. The van der Waals surface area contributed by atoms with E-state index >= 15 is 0 Å². The molecule has 0 atom stereocenters. The highest BCUT2D eigenvalue weighted by molar-refractivity contribution is 6.30. The van der Waals surface area contributed by atoms with Gasteiger partial charge in [0.05, 0.1) is 11.6 Å². The first kappa shape index (κ1) is 21.2.